The highest BCUT2D eigenvalue weighted by Crippen LogP contribution is 2.36. The molecule has 1 N–H and O–H groups in total. The third-order valence-electron chi connectivity index (χ3n) is 5.72. The van der Waals surface area contributed by atoms with Gasteiger partial charge in [-0.1, -0.05) is 19.3 Å². The lowest BCUT2D eigenvalue weighted by atomic mass is 9.89. The molecule has 2 aliphatic rings. The number of anilines is 1. The Morgan fingerprint density at radius 2 is 1.88 bits per heavy atom. The van der Waals surface area contributed by atoms with Crippen molar-refractivity contribution in [2.24, 2.45) is 7.05 Å². The minimum Gasteiger partial charge on any atom is -0.324 e. The second-order valence-electron chi connectivity index (χ2n) is 7.54. The molecule has 0 atom stereocenters. The highest BCUT2D eigenvalue weighted by Gasteiger charge is 2.25. The van der Waals surface area contributed by atoms with Gasteiger partial charge in [-0.05, 0) is 43.1 Å². The van der Waals surface area contributed by atoms with Gasteiger partial charge in [0.15, 0.2) is 5.13 Å². The summed E-state index contributed by atoms with van der Waals surface area (Å²) in [5, 5.41) is 8.01. The summed E-state index contributed by atoms with van der Waals surface area (Å²) in [6, 6.07) is -0.0146. The average Bonchev–Trinajstić information content (AvgIpc) is 3.32. The zero-order valence-corrected chi connectivity index (χ0v) is 16.2. The van der Waals surface area contributed by atoms with Crippen LogP contribution in [0.15, 0.2) is 18.6 Å². The van der Waals surface area contributed by atoms with Gasteiger partial charge in [0.1, 0.15) is 0 Å². The highest BCUT2D eigenvalue weighted by atomic mass is 32.1. The number of hydrogen-bond donors (Lipinski definition) is 1. The van der Waals surface area contributed by atoms with Crippen LogP contribution in [0.25, 0.3) is 0 Å². The van der Waals surface area contributed by atoms with Crippen LogP contribution in [0.3, 0.4) is 0 Å². The zero-order valence-electron chi connectivity index (χ0n) is 15.4. The summed E-state index contributed by atoms with van der Waals surface area (Å²) < 4.78 is 1.85. The number of aromatic nitrogens is 3. The first-order valence-electron chi connectivity index (χ1n) is 9.69. The maximum absolute atomic E-state index is 12.6. The molecule has 0 radical (unpaired) electrons. The lowest BCUT2D eigenvalue weighted by Crippen LogP contribution is -2.40. The van der Waals surface area contributed by atoms with Crippen molar-refractivity contribution < 1.29 is 4.79 Å². The molecule has 0 unspecified atom stereocenters. The number of urea groups is 1. The Morgan fingerprint density at radius 3 is 2.58 bits per heavy atom. The van der Waals surface area contributed by atoms with Crippen molar-refractivity contribution in [3.8, 4) is 0 Å². The van der Waals surface area contributed by atoms with Crippen molar-refractivity contribution in [3.05, 3.63) is 29.0 Å². The van der Waals surface area contributed by atoms with Gasteiger partial charge in [-0.15, -0.1) is 11.3 Å². The van der Waals surface area contributed by atoms with Gasteiger partial charge in [0.25, 0.3) is 0 Å². The molecule has 1 aliphatic heterocycles. The van der Waals surface area contributed by atoms with Crippen LogP contribution < -0.4 is 5.32 Å². The van der Waals surface area contributed by atoms with Crippen LogP contribution in [0.5, 0.6) is 0 Å². The Labute approximate surface area is 158 Å². The minimum absolute atomic E-state index is 0.0146. The second kappa shape index (κ2) is 7.78. The summed E-state index contributed by atoms with van der Waals surface area (Å²) in [5.41, 5.74) is 1.28. The maximum Gasteiger partial charge on any atom is 0.323 e. The largest absolute Gasteiger partial charge is 0.324 e. The molecule has 1 saturated carbocycles. The molecule has 2 aromatic rings. The van der Waals surface area contributed by atoms with Gasteiger partial charge in [-0.3, -0.25) is 10.00 Å². The molecule has 7 heteroatoms. The summed E-state index contributed by atoms with van der Waals surface area (Å²) in [6.45, 7) is 1.57. The standard InChI is InChI=1S/C19H27N5OS/c1-23-13-16(11-21-23)14-7-9-24(10-8-14)19(25)22-18-20-12-17(26-18)15-5-3-2-4-6-15/h11-15H,2-10H2,1H3,(H,20,22,25). The summed E-state index contributed by atoms with van der Waals surface area (Å²) in [7, 11) is 1.95. The van der Waals surface area contributed by atoms with E-state index in [-0.39, 0.29) is 6.03 Å². The Bertz CT molecular complexity index is 741. The number of carbonyl (C=O) groups excluding carboxylic acids is 1. The molecule has 0 aromatic carbocycles. The van der Waals surface area contributed by atoms with Gasteiger partial charge in [0.05, 0.1) is 6.20 Å². The van der Waals surface area contributed by atoms with E-state index in [4.69, 9.17) is 0 Å². The first kappa shape index (κ1) is 17.5. The van der Waals surface area contributed by atoms with Gasteiger partial charge in [0, 0.05) is 37.4 Å². The van der Waals surface area contributed by atoms with Crippen molar-refractivity contribution in [1.29, 1.82) is 0 Å². The lowest BCUT2D eigenvalue weighted by molar-refractivity contribution is 0.194. The zero-order chi connectivity index (χ0) is 17.9. The van der Waals surface area contributed by atoms with E-state index in [2.05, 4.69) is 21.6 Å². The van der Waals surface area contributed by atoms with E-state index in [0.717, 1.165) is 31.1 Å². The first-order chi connectivity index (χ1) is 12.7. The van der Waals surface area contributed by atoms with Crippen LogP contribution in [0.1, 0.15) is 67.2 Å². The van der Waals surface area contributed by atoms with Gasteiger partial charge in [-0.2, -0.15) is 5.10 Å². The quantitative estimate of drug-likeness (QED) is 0.871. The Kier molecular flexibility index (Phi) is 5.24. The summed E-state index contributed by atoms with van der Waals surface area (Å²) in [5.74, 6) is 1.15. The summed E-state index contributed by atoms with van der Waals surface area (Å²) >= 11 is 1.65. The van der Waals surface area contributed by atoms with Crippen LogP contribution in [0.2, 0.25) is 0 Å². The molecule has 4 rings (SSSR count). The topological polar surface area (TPSA) is 63.1 Å². The fourth-order valence-corrected chi connectivity index (χ4v) is 5.13. The van der Waals surface area contributed by atoms with E-state index in [0.29, 0.717) is 11.8 Å². The minimum atomic E-state index is -0.0146. The van der Waals surface area contributed by atoms with Crippen LogP contribution >= 0.6 is 11.3 Å². The average molecular weight is 374 g/mol. The fraction of sp³-hybridized carbons (Fsp3) is 0.632. The number of nitrogens with one attached hydrogen (secondary N) is 1. The number of thiazole rings is 1. The number of hydrogen-bond acceptors (Lipinski definition) is 4. The van der Waals surface area contributed by atoms with Gasteiger partial charge in [-0.25, -0.2) is 9.78 Å². The van der Waals surface area contributed by atoms with Gasteiger partial charge < -0.3 is 4.90 Å². The maximum atomic E-state index is 12.6. The monoisotopic (exact) mass is 373 g/mol. The van der Waals surface area contributed by atoms with E-state index in [1.807, 2.05) is 29.0 Å². The number of nitrogens with zero attached hydrogens (tertiary/aromatic N) is 4. The van der Waals surface area contributed by atoms with E-state index in [9.17, 15) is 4.79 Å². The predicted octanol–water partition coefficient (Wildman–Crippen LogP) is 4.34. The first-order valence-corrected chi connectivity index (χ1v) is 10.5. The Balaban J connectivity index is 1.29. The third-order valence-corrected chi connectivity index (χ3v) is 6.80. The molecule has 3 heterocycles. The molecule has 26 heavy (non-hydrogen) atoms. The van der Waals surface area contributed by atoms with Crippen molar-refractivity contribution >= 4 is 22.5 Å². The summed E-state index contributed by atoms with van der Waals surface area (Å²) in [4.78, 5) is 20.2. The third kappa shape index (κ3) is 3.92. The number of aryl methyl sites for hydroxylation is 1. The highest BCUT2D eigenvalue weighted by molar-refractivity contribution is 7.15. The molecule has 2 amide bonds. The normalized spacial score (nSPS) is 19.7. The molecule has 0 bridgehead atoms. The number of rotatable bonds is 3. The molecule has 1 aliphatic carbocycles. The molecule has 2 aromatic heterocycles. The Hall–Kier alpha value is -1.89. The Morgan fingerprint density at radius 1 is 1.12 bits per heavy atom. The van der Waals surface area contributed by atoms with Crippen molar-refractivity contribution in [3.63, 3.8) is 0 Å². The van der Waals surface area contributed by atoms with E-state index in [1.54, 1.807) is 11.3 Å². The van der Waals surface area contributed by atoms with E-state index in [1.165, 1.54) is 42.5 Å². The van der Waals surface area contributed by atoms with Crippen LogP contribution in [0, 0.1) is 0 Å². The molecule has 140 valence electrons. The number of amides is 2. The van der Waals surface area contributed by atoms with E-state index >= 15 is 0 Å². The molecule has 1 saturated heterocycles. The molecule has 0 spiro atoms. The SMILES string of the molecule is Cn1cc(C2CCN(C(=O)Nc3ncc(C4CCCCC4)s3)CC2)cn1. The van der Waals surface area contributed by atoms with Crippen LogP contribution in [-0.2, 0) is 7.05 Å². The number of likely N-dealkylation sites (tertiary alicyclic amines) is 1. The van der Waals surface area contributed by atoms with Gasteiger partial charge >= 0.3 is 6.03 Å². The lowest BCUT2D eigenvalue weighted by Gasteiger charge is -2.31. The van der Waals surface area contributed by atoms with Gasteiger partial charge in [0.2, 0.25) is 0 Å². The van der Waals surface area contributed by atoms with Crippen LogP contribution in [0.4, 0.5) is 9.93 Å². The molecular weight excluding hydrogens is 346 g/mol. The molecular formula is C19H27N5OS. The van der Waals surface area contributed by atoms with Crippen molar-refractivity contribution in [2.75, 3.05) is 18.4 Å². The molecule has 2 fully saturated rings. The smallest absolute Gasteiger partial charge is 0.323 e. The van der Waals surface area contributed by atoms with Crippen molar-refractivity contribution in [2.45, 2.75) is 56.8 Å². The number of carbonyl (C=O) groups is 1. The van der Waals surface area contributed by atoms with E-state index < -0.39 is 0 Å². The summed E-state index contributed by atoms with van der Waals surface area (Å²) in [6.07, 6.45) is 14.5. The second-order valence-corrected chi connectivity index (χ2v) is 8.60. The fourth-order valence-electron chi connectivity index (χ4n) is 4.16. The van der Waals surface area contributed by atoms with Crippen molar-refractivity contribution in [1.82, 2.24) is 19.7 Å². The molecule has 6 nitrogen and oxygen atoms in total. The van der Waals surface area contributed by atoms with Crippen LogP contribution in [-0.4, -0.2) is 38.8 Å². The predicted molar refractivity (Wildman–Crippen MR) is 104 cm³/mol. The number of piperidine rings is 1.